The van der Waals surface area contributed by atoms with Gasteiger partial charge in [0.2, 0.25) is 0 Å². The number of phenolic OH excluding ortho intramolecular Hbond substituents is 1. The van der Waals surface area contributed by atoms with Gasteiger partial charge >= 0.3 is 0 Å². The van der Waals surface area contributed by atoms with Gasteiger partial charge in [-0.25, -0.2) is 4.39 Å². The molecule has 0 saturated heterocycles. The molecule has 68 valence electrons. The molecule has 14 heavy (non-hydrogen) atoms. The molecule has 0 fully saturated rings. The number of aromatic hydroxyl groups is 1. The van der Waals surface area contributed by atoms with Gasteiger partial charge in [-0.2, -0.15) is 5.26 Å². The van der Waals surface area contributed by atoms with Crippen LogP contribution in [0.3, 0.4) is 0 Å². The van der Waals surface area contributed by atoms with Crippen LogP contribution in [0.25, 0.3) is 10.8 Å². The maximum atomic E-state index is 13.4. The third-order valence-corrected chi connectivity index (χ3v) is 2.10. The van der Waals surface area contributed by atoms with E-state index in [0.717, 1.165) is 0 Å². The minimum atomic E-state index is -0.681. The summed E-state index contributed by atoms with van der Waals surface area (Å²) in [5, 5.41) is 18.7. The number of halogens is 1. The first-order valence-electron chi connectivity index (χ1n) is 4.04. The topological polar surface area (TPSA) is 44.0 Å². The van der Waals surface area contributed by atoms with Crippen LogP contribution < -0.4 is 0 Å². The standard InChI is InChI=1S/C11H6FNO/c12-11-9-3-1-2-7(6-13)8(9)4-5-10(11)14/h1-5,14H. The lowest BCUT2D eigenvalue weighted by Gasteiger charge is -2.02. The lowest BCUT2D eigenvalue weighted by molar-refractivity contribution is 0.436. The van der Waals surface area contributed by atoms with Crippen molar-refractivity contribution in [3.05, 3.63) is 41.7 Å². The van der Waals surface area contributed by atoms with Gasteiger partial charge in [-0.1, -0.05) is 12.1 Å². The first-order chi connectivity index (χ1) is 6.74. The molecule has 0 atom stereocenters. The second-order valence-electron chi connectivity index (χ2n) is 2.91. The molecule has 1 N–H and O–H groups in total. The molecule has 0 aliphatic heterocycles. The number of rotatable bonds is 0. The van der Waals surface area contributed by atoms with E-state index in [1.807, 2.05) is 6.07 Å². The summed E-state index contributed by atoms with van der Waals surface area (Å²) >= 11 is 0. The van der Waals surface area contributed by atoms with Crippen molar-refractivity contribution in [2.75, 3.05) is 0 Å². The quantitative estimate of drug-likeness (QED) is 0.688. The minimum absolute atomic E-state index is 0.268. The van der Waals surface area contributed by atoms with Gasteiger partial charge in [0.1, 0.15) is 0 Å². The van der Waals surface area contributed by atoms with Gasteiger partial charge in [-0.3, -0.25) is 0 Å². The van der Waals surface area contributed by atoms with E-state index in [9.17, 15) is 4.39 Å². The van der Waals surface area contributed by atoms with E-state index in [0.29, 0.717) is 10.9 Å². The summed E-state index contributed by atoms with van der Waals surface area (Å²) in [6, 6.07) is 9.48. The Kier molecular flexibility index (Phi) is 1.83. The van der Waals surface area contributed by atoms with E-state index in [-0.39, 0.29) is 5.39 Å². The Balaban J connectivity index is 2.95. The van der Waals surface area contributed by atoms with Crippen molar-refractivity contribution < 1.29 is 9.50 Å². The van der Waals surface area contributed by atoms with Crippen LogP contribution in [-0.2, 0) is 0 Å². The third kappa shape index (κ3) is 1.09. The van der Waals surface area contributed by atoms with Crippen LogP contribution >= 0.6 is 0 Å². The SMILES string of the molecule is N#Cc1cccc2c(F)c(O)ccc12. The molecule has 0 bridgehead atoms. The van der Waals surface area contributed by atoms with Gasteiger partial charge in [-0.05, 0) is 18.2 Å². The largest absolute Gasteiger partial charge is 0.505 e. The molecular weight excluding hydrogens is 181 g/mol. The van der Waals surface area contributed by atoms with Crippen LogP contribution in [0.2, 0.25) is 0 Å². The fraction of sp³-hybridized carbons (Fsp3) is 0. The molecule has 0 radical (unpaired) electrons. The van der Waals surface area contributed by atoms with Crippen molar-refractivity contribution >= 4 is 10.8 Å². The van der Waals surface area contributed by atoms with Crippen LogP contribution in [0.1, 0.15) is 5.56 Å². The number of benzene rings is 2. The van der Waals surface area contributed by atoms with E-state index in [2.05, 4.69) is 0 Å². The van der Waals surface area contributed by atoms with E-state index in [4.69, 9.17) is 10.4 Å². The van der Waals surface area contributed by atoms with Gasteiger partial charge in [0.15, 0.2) is 11.6 Å². The lowest BCUT2D eigenvalue weighted by Crippen LogP contribution is -1.84. The summed E-state index contributed by atoms with van der Waals surface area (Å²) in [7, 11) is 0. The lowest BCUT2D eigenvalue weighted by atomic mass is 10.0. The average Bonchev–Trinajstić information content (AvgIpc) is 2.23. The predicted octanol–water partition coefficient (Wildman–Crippen LogP) is 2.56. The van der Waals surface area contributed by atoms with Gasteiger partial charge in [0.25, 0.3) is 0 Å². The molecule has 0 aliphatic rings. The van der Waals surface area contributed by atoms with Crippen LogP contribution in [0.4, 0.5) is 4.39 Å². The molecule has 0 spiro atoms. The fourth-order valence-electron chi connectivity index (χ4n) is 1.41. The van der Waals surface area contributed by atoms with Crippen molar-refractivity contribution in [3.63, 3.8) is 0 Å². The normalized spacial score (nSPS) is 10.0. The van der Waals surface area contributed by atoms with E-state index >= 15 is 0 Å². The third-order valence-electron chi connectivity index (χ3n) is 2.10. The summed E-state index contributed by atoms with van der Waals surface area (Å²) in [6.07, 6.45) is 0. The zero-order chi connectivity index (χ0) is 10.1. The molecule has 0 aromatic heterocycles. The Hall–Kier alpha value is -2.08. The number of fused-ring (bicyclic) bond motifs is 1. The second kappa shape index (κ2) is 3.00. The maximum absolute atomic E-state index is 13.4. The molecule has 0 aliphatic carbocycles. The molecule has 0 saturated carbocycles. The first-order valence-corrected chi connectivity index (χ1v) is 4.04. The minimum Gasteiger partial charge on any atom is -0.505 e. The Bertz CT molecular complexity index is 543. The van der Waals surface area contributed by atoms with Gasteiger partial charge in [-0.15, -0.1) is 0 Å². The fourth-order valence-corrected chi connectivity index (χ4v) is 1.41. The molecule has 2 aromatic rings. The summed E-state index contributed by atoms with van der Waals surface area (Å²) in [6.45, 7) is 0. The highest BCUT2D eigenvalue weighted by molar-refractivity contribution is 5.89. The van der Waals surface area contributed by atoms with Gasteiger partial charge in [0.05, 0.1) is 11.6 Å². The van der Waals surface area contributed by atoms with Crippen LogP contribution in [-0.4, -0.2) is 5.11 Å². The molecule has 2 nitrogen and oxygen atoms in total. The second-order valence-corrected chi connectivity index (χ2v) is 2.91. The Morgan fingerprint density at radius 1 is 1.14 bits per heavy atom. The first kappa shape index (κ1) is 8.52. The molecule has 2 rings (SSSR count). The highest BCUT2D eigenvalue weighted by atomic mass is 19.1. The predicted molar refractivity (Wildman–Crippen MR) is 50.3 cm³/mol. The zero-order valence-corrected chi connectivity index (χ0v) is 7.16. The summed E-state index contributed by atoms with van der Waals surface area (Å²) < 4.78 is 13.4. The van der Waals surface area contributed by atoms with E-state index in [1.165, 1.54) is 18.2 Å². The van der Waals surface area contributed by atoms with Crippen molar-refractivity contribution in [1.29, 1.82) is 5.26 Å². The number of hydrogen-bond donors (Lipinski definition) is 1. The number of hydrogen-bond acceptors (Lipinski definition) is 2. The molecule has 2 aromatic carbocycles. The molecular formula is C11H6FNO. The molecule has 3 heteroatoms. The summed E-state index contributed by atoms with van der Waals surface area (Å²) in [5.41, 5.74) is 0.404. The molecule has 0 amide bonds. The van der Waals surface area contributed by atoms with Crippen molar-refractivity contribution in [2.45, 2.75) is 0 Å². The molecule has 0 heterocycles. The highest BCUT2D eigenvalue weighted by Gasteiger charge is 2.07. The number of nitrogens with zero attached hydrogens (tertiary/aromatic N) is 1. The number of nitriles is 1. The van der Waals surface area contributed by atoms with Crippen molar-refractivity contribution in [3.8, 4) is 11.8 Å². The summed E-state index contributed by atoms with van der Waals surface area (Å²) in [5.74, 6) is -1.08. The highest BCUT2D eigenvalue weighted by Crippen LogP contribution is 2.27. The zero-order valence-electron chi connectivity index (χ0n) is 7.16. The summed E-state index contributed by atoms with van der Waals surface area (Å²) in [4.78, 5) is 0. The van der Waals surface area contributed by atoms with Crippen LogP contribution in [0.5, 0.6) is 5.75 Å². The van der Waals surface area contributed by atoms with E-state index in [1.54, 1.807) is 12.1 Å². The van der Waals surface area contributed by atoms with Crippen LogP contribution in [0, 0.1) is 17.1 Å². The Labute approximate surface area is 79.8 Å². The molecule has 0 unspecified atom stereocenters. The van der Waals surface area contributed by atoms with Crippen molar-refractivity contribution in [1.82, 2.24) is 0 Å². The van der Waals surface area contributed by atoms with E-state index < -0.39 is 11.6 Å². The van der Waals surface area contributed by atoms with Gasteiger partial charge < -0.3 is 5.11 Å². The monoisotopic (exact) mass is 187 g/mol. The van der Waals surface area contributed by atoms with Gasteiger partial charge in [0, 0.05) is 10.8 Å². The number of phenols is 1. The maximum Gasteiger partial charge on any atom is 0.172 e. The van der Waals surface area contributed by atoms with Crippen molar-refractivity contribution in [2.24, 2.45) is 0 Å². The van der Waals surface area contributed by atoms with Crippen LogP contribution in [0.15, 0.2) is 30.3 Å². The Morgan fingerprint density at radius 2 is 1.93 bits per heavy atom. The average molecular weight is 187 g/mol. The smallest absolute Gasteiger partial charge is 0.172 e. The Morgan fingerprint density at radius 3 is 2.64 bits per heavy atom.